The number of rotatable bonds is 5. The molecule has 1 aliphatic rings. The molecule has 1 fully saturated rings. The maximum absolute atomic E-state index is 11.7. The summed E-state index contributed by atoms with van der Waals surface area (Å²) in [4.78, 5) is 11.7. The van der Waals surface area contributed by atoms with Crippen LogP contribution >= 0.6 is 0 Å². The van der Waals surface area contributed by atoms with Crippen LogP contribution < -0.4 is 10.1 Å². The third-order valence-corrected chi connectivity index (χ3v) is 4.25. The first kappa shape index (κ1) is 16.3. The molecule has 0 aliphatic heterocycles. The van der Waals surface area contributed by atoms with Crippen LogP contribution in [0.5, 0.6) is 5.75 Å². The quantitative estimate of drug-likeness (QED) is 0.773. The number of aromatic nitrogens is 1. The van der Waals surface area contributed by atoms with Gasteiger partial charge in [0.15, 0.2) is 17.1 Å². The van der Waals surface area contributed by atoms with Crippen molar-refractivity contribution in [3.05, 3.63) is 29.8 Å². The molecule has 128 valence electrons. The maximum Gasteiger partial charge on any atom is 0.343 e. The molecule has 24 heavy (non-hydrogen) atoms. The molecule has 7 nitrogen and oxygen atoms in total. The summed E-state index contributed by atoms with van der Waals surface area (Å²) in [5.41, 5.74) is 0.609. The molecule has 1 aromatic heterocycles. The predicted molar refractivity (Wildman–Crippen MR) is 87.3 cm³/mol. The van der Waals surface area contributed by atoms with Crippen LogP contribution in [0.25, 0.3) is 11.3 Å². The lowest BCUT2D eigenvalue weighted by Crippen LogP contribution is -2.30. The van der Waals surface area contributed by atoms with Gasteiger partial charge in [-0.15, -0.1) is 0 Å². The van der Waals surface area contributed by atoms with Crippen LogP contribution in [0.3, 0.4) is 0 Å². The average molecular weight is 332 g/mol. The summed E-state index contributed by atoms with van der Waals surface area (Å²) in [7, 11) is 1.56. The molecule has 2 atom stereocenters. The topological polar surface area (TPSA) is 105 Å². The second-order valence-electron chi connectivity index (χ2n) is 5.93. The zero-order chi connectivity index (χ0) is 17.1. The van der Waals surface area contributed by atoms with Crippen molar-refractivity contribution < 1.29 is 24.3 Å². The van der Waals surface area contributed by atoms with E-state index in [0.717, 1.165) is 19.3 Å². The van der Waals surface area contributed by atoms with E-state index < -0.39 is 5.97 Å². The summed E-state index contributed by atoms with van der Waals surface area (Å²) in [6, 6.07) is 6.89. The smallest absolute Gasteiger partial charge is 0.343 e. The van der Waals surface area contributed by atoms with Gasteiger partial charge < -0.3 is 24.8 Å². The molecule has 0 amide bonds. The molecule has 1 heterocycles. The van der Waals surface area contributed by atoms with Gasteiger partial charge in [0, 0.05) is 11.6 Å². The van der Waals surface area contributed by atoms with Crippen LogP contribution in [-0.4, -0.2) is 40.6 Å². The third kappa shape index (κ3) is 3.35. The van der Waals surface area contributed by atoms with Gasteiger partial charge in [0.1, 0.15) is 5.75 Å². The Morgan fingerprint density at radius 1 is 1.33 bits per heavy atom. The van der Waals surface area contributed by atoms with E-state index in [1.165, 1.54) is 0 Å². The molecule has 1 saturated carbocycles. The minimum Gasteiger partial charge on any atom is -0.497 e. The Bertz CT molecular complexity index is 710. The standard InChI is InChI=1S/C17H20N2O5/c1-23-13-7-5-10(6-8-13)15-14(17(21)22)16(19-24-15)18-11-3-2-4-12(20)9-11/h5-8,11-12,20H,2-4,9H2,1H3,(H,18,19)(H,21,22)/t11-,12+/m0/s1. The minimum atomic E-state index is -1.11. The average Bonchev–Trinajstić information content (AvgIpc) is 2.99. The fourth-order valence-electron chi connectivity index (χ4n) is 3.01. The fourth-order valence-corrected chi connectivity index (χ4v) is 3.01. The van der Waals surface area contributed by atoms with E-state index >= 15 is 0 Å². The first-order valence-corrected chi connectivity index (χ1v) is 7.90. The van der Waals surface area contributed by atoms with Crippen molar-refractivity contribution >= 4 is 11.8 Å². The van der Waals surface area contributed by atoms with Crippen molar-refractivity contribution in [2.45, 2.75) is 37.8 Å². The van der Waals surface area contributed by atoms with Crippen LogP contribution in [0.2, 0.25) is 0 Å². The van der Waals surface area contributed by atoms with E-state index in [1.54, 1.807) is 31.4 Å². The molecule has 7 heteroatoms. The molecule has 1 aromatic carbocycles. The van der Waals surface area contributed by atoms with E-state index in [1.807, 2.05) is 0 Å². The van der Waals surface area contributed by atoms with Crippen molar-refractivity contribution in [1.82, 2.24) is 5.16 Å². The van der Waals surface area contributed by atoms with E-state index in [-0.39, 0.29) is 29.3 Å². The summed E-state index contributed by atoms with van der Waals surface area (Å²) in [6.45, 7) is 0. The second kappa shape index (κ2) is 6.92. The molecule has 0 bridgehead atoms. The Balaban J connectivity index is 1.88. The molecule has 0 radical (unpaired) electrons. The lowest BCUT2D eigenvalue weighted by molar-refractivity contribution is 0.0698. The highest BCUT2D eigenvalue weighted by molar-refractivity contribution is 5.99. The van der Waals surface area contributed by atoms with Crippen LogP contribution in [0.4, 0.5) is 5.82 Å². The van der Waals surface area contributed by atoms with Crippen LogP contribution in [0.1, 0.15) is 36.0 Å². The van der Waals surface area contributed by atoms with Gasteiger partial charge in [0.2, 0.25) is 0 Å². The minimum absolute atomic E-state index is 0.000213. The van der Waals surface area contributed by atoms with Gasteiger partial charge in [-0.25, -0.2) is 4.79 Å². The predicted octanol–water partition coefficient (Wildman–Crippen LogP) is 2.76. The highest BCUT2D eigenvalue weighted by Gasteiger charge is 2.27. The first-order valence-electron chi connectivity index (χ1n) is 7.90. The first-order chi connectivity index (χ1) is 11.6. The van der Waals surface area contributed by atoms with Crippen LogP contribution in [0.15, 0.2) is 28.8 Å². The van der Waals surface area contributed by atoms with E-state index in [2.05, 4.69) is 10.5 Å². The number of ether oxygens (including phenoxy) is 1. The summed E-state index contributed by atoms with van der Waals surface area (Å²) >= 11 is 0. The fraction of sp³-hybridized carbons (Fsp3) is 0.412. The Morgan fingerprint density at radius 2 is 2.08 bits per heavy atom. The molecular formula is C17H20N2O5. The number of aliphatic hydroxyl groups is 1. The summed E-state index contributed by atoms with van der Waals surface area (Å²) in [5, 5.41) is 26.3. The van der Waals surface area contributed by atoms with E-state index in [9.17, 15) is 15.0 Å². The molecule has 3 N–H and O–H groups in total. The Kier molecular flexibility index (Phi) is 4.71. The molecular weight excluding hydrogens is 312 g/mol. The highest BCUT2D eigenvalue weighted by atomic mass is 16.5. The number of aliphatic hydroxyl groups excluding tert-OH is 1. The summed E-state index contributed by atoms with van der Waals surface area (Å²) in [6.07, 6.45) is 2.74. The van der Waals surface area contributed by atoms with Crippen molar-refractivity contribution in [3.8, 4) is 17.1 Å². The zero-order valence-electron chi connectivity index (χ0n) is 13.4. The number of hydrogen-bond donors (Lipinski definition) is 3. The van der Waals surface area contributed by atoms with Gasteiger partial charge in [-0.3, -0.25) is 0 Å². The Hall–Kier alpha value is -2.54. The van der Waals surface area contributed by atoms with Gasteiger partial charge >= 0.3 is 5.97 Å². The molecule has 0 unspecified atom stereocenters. The van der Waals surface area contributed by atoms with Gasteiger partial charge in [-0.05, 0) is 49.9 Å². The number of methoxy groups -OCH3 is 1. The number of anilines is 1. The lowest BCUT2D eigenvalue weighted by Gasteiger charge is -2.26. The second-order valence-corrected chi connectivity index (χ2v) is 5.93. The molecule has 2 aromatic rings. The van der Waals surface area contributed by atoms with Gasteiger partial charge in [0.05, 0.1) is 13.2 Å². The lowest BCUT2D eigenvalue weighted by atomic mass is 9.93. The number of carboxylic acids is 1. The van der Waals surface area contributed by atoms with Crippen LogP contribution in [-0.2, 0) is 0 Å². The number of aromatic carboxylic acids is 1. The largest absolute Gasteiger partial charge is 0.497 e. The third-order valence-electron chi connectivity index (χ3n) is 4.25. The van der Waals surface area contributed by atoms with Gasteiger partial charge in [-0.1, -0.05) is 5.16 Å². The highest BCUT2D eigenvalue weighted by Crippen LogP contribution is 2.32. The number of nitrogens with zero attached hydrogens (tertiary/aromatic N) is 1. The Morgan fingerprint density at radius 3 is 2.71 bits per heavy atom. The van der Waals surface area contributed by atoms with Crippen LogP contribution in [0, 0.1) is 0 Å². The number of carbonyl (C=O) groups is 1. The molecule has 3 rings (SSSR count). The zero-order valence-corrected chi connectivity index (χ0v) is 13.4. The van der Waals surface area contributed by atoms with Crippen molar-refractivity contribution in [3.63, 3.8) is 0 Å². The van der Waals surface area contributed by atoms with Crippen molar-refractivity contribution in [2.75, 3.05) is 12.4 Å². The summed E-state index contributed by atoms with van der Waals surface area (Å²) < 4.78 is 10.4. The molecule has 0 spiro atoms. The molecule has 0 saturated heterocycles. The Labute approximate surface area is 139 Å². The maximum atomic E-state index is 11.7. The van der Waals surface area contributed by atoms with Crippen molar-refractivity contribution in [1.29, 1.82) is 0 Å². The van der Waals surface area contributed by atoms with Gasteiger partial charge in [0.25, 0.3) is 0 Å². The summed E-state index contributed by atoms with van der Waals surface area (Å²) in [5.74, 6) is -0.0398. The number of carboxylic acid groups (broad SMARTS) is 1. The van der Waals surface area contributed by atoms with E-state index in [4.69, 9.17) is 9.26 Å². The van der Waals surface area contributed by atoms with E-state index in [0.29, 0.717) is 17.7 Å². The van der Waals surface area contributed by atoms with Crippen molar-refractivity contribution in [2.24, 2.45) is 0 Å². The number of benzene rings is 1. The monoisotopic (exact) mass is 332 g/mol. The SMILES string of the molecule is COc1ccc(-c2onc(N[C@H]3CCC[C@@H](O)C3)c2C(=O)O)cc1. The number of hydrogen-bond acceptors (Lipinski definition) is 6. The molecule has 1 aliphatic carbocycles. The van der Waals surface area contributed by atoms with Gasteiger partial charge in [-0.2, -0.15) is 0 Å². The number of nitrogens with one attached hydrogen (secondary N) is 1. The normalized spacial score (nSPS) is 20.6.